The van der Waals surface area contributed by atoms with E-state index in [0.29, 0.717) is 11.3 Å². The minimum atomic E-state index is -0.309. The smallest absolute Gasteiger partial charge is 0.278 e. The molecule has 0 bridgehead atoms. The minimum absolute atomic E-state index is 0.238. The monoisotopic (exact) mass is 452 g/mol. The fourth-order valence-corrected chi connectivity index (χ4v) is 4.44. The number of piperazine rings is 1. The molecule has 172 valence electrons. The van der Waals surface area contributed by atoms with E-state index < -0.39 is 0 Å². The molecule has 0 aromatic heterocycles. The molecule has 0 radical (unpaired) electrons. The summed E-state index contributed by atoms with van der Waals surface area (Å²) in [6.45, 7) is 4.31. The number of hydrogen-bond donors (Lipinski definition) is 1. The molecule has 3 aromatic carbocycles. The predicted molar refractivity (Wildman–Crippen MR) is 135 cm³/mol. The van der Waals surface area contributed by atoms with Gasteiger partial charge in [0, 0.05) is 37.6 Å². The van der Waals surface area contributed by atoms with Gasteiger partial charge in [0.05, 0.1) is 12.1 Å². The van der Waals surface area contributed by atoms with E-state index in [2.05, 4.69) is 34.3 Å². The van der Waals surface area contributed by atoms with E-state index in [1.54, 1.807) is 0 Å². The van der Waals surface area contributed by atoms with E-state index in [4.69, 9.17) is 0 Å². The fraction of sp³-hybridized carbons (Fsp3) is 0.214. The van der Waals surface area contributed by atoms with Crippen LogP contribution in [0.25, 0.3) is 5.57 Å². The van der Waals surface area contributed by atoms with Crippen LogP contribution in [0.2, 0.25) is 0 Å². The summed E-state index contributed by atoms with van der Waals surface area (Å²) in [4.78, 5) is 32.8. The summed E-state index contributed by atoms with van der Waals surface area (Å²) in [7, 11) is 2.14. The first-order valence-corrected chi connectivity index (χ1v) is 11.6. The highest BCUT2D eigenvalue weighted by Crippen LogP contribution is 2.32. The minimum Gasteiger partial charge on any atom is -0.369 e. The van der Waals surface area contributed by atoms with Crippen molar-refractivity contribution >= 4 is 28.8 Å². The molecule has 2 aliphatic heterocycles. The van der Waals surface area contributed by atoms with Crippen LogP contribution in [0.5, 0.6) is 0 Å². The number of imide groups is 1. The molecule has 1 saturated heterocycles. The third kappa shape index (κ3) is 4.45. The van der Waals surface area contributed by atoms with Crippen molar-refractivity contribution in [1.29, 1.82) is 0 Å². The number of hydrogen-bond acceptors (Lipinski definition) is 5. The number of rotatable bonds is 6. The molecule has 0 spiro atoms. The summed E-state index contributed by atoms with van der Waals surface area (Å²) in [5.41, 5.74) is 4.31. The Morgan fingerprint density at radius 3 is 2.00 bits per heavy atom. The maximum Gasteiger partial charge on any atom is 0.278 e. The SMILES string of the molecule is CN1CCN(c2ccc(NC3=C(c4ccccc4)C(=O)N(Cc4ccccc4)C3=O)cc2)CC1. The van der Waals surface area contributed by atoms with E-state index in [0.717, 1.165) is 48.7 Å². The van der Waals surface area contributed by atoms with Crippen LogP contribution >= 0.6 is 0 Å². The van der Waals surface area contributed by atoms with Gasteiger partial charge in [0.15, 0.2) is 0 Å². The Kier molecular flexibility index (Phi) is 6.14. The normalized spacial score (nSPS) is 17.0. The molecule has 2 heterocycles. The van der Waals surface area contributed by atoms with Gasteiger partial charge in [0.1, 0.15) is 5.70 Å². The molecule has 1 fully saturated rings. The van der Waals surface area contributed by atoms with Crippen LogP contribution in [0.1, 0.15) is 11.1 Å². The van der Waals surface area contributed by atoms with Gasteiger partial charge in [-0.05, 0) is 42.4 Å². The largest absolute Gasteiger partial charge is 0.369 e. The van der Waals surface area contributed by atoms with Crippen molar-refractivity contribution in [2.24, 2.45) is 0 Å². The van der Waals surface area contributed by atoms with E-state index in [-0.39, 0.29) is 18.4 Å². The number of nitrogens with one attached hydrogen (secondary N) is 1. The first kappa shape index (κ1) is 21.9. The molecule has 6 heteroatoms. The van der Waals surface area contributed by atoms with Gasteiger partial charge < -0.3 is 15.1 Å². The Morgan fingerprint density at radius 1 is 0.735 bits per heavy atom. The molecule has 2 amide bonds. The second-order valence-corrected chi connectivity index (χ2v) is 8.76. The molecule has 34 heavy (non-hydrogen) atoms. The van der Waals surface area contributed by atoms with Gasteiger partial charge in [0.2, 0.25) is 0 Å². The standard InChI is InChI=1S/C28H28N4O2/c1-30-16-18-31(19-17-30)24-14-12-23(13-15-24)29-26-25(22-10-6-3-7-11-22)27(33)32(28(26)34)20-21-8-4-2-5-9-21/h2-15,29H,16-20H2,1H3. The van der Waals surface area contributed by atoms with Crippen molar-refractivity contribution in [2.45, 2.75) is 6.54 Å². The zero-order chi connectivity index (χ0) is 23.5. The number of amides is 2. The Labute approximate surface area is 200 Å². The van der Waals surface area contributed by atoms with E-state index in [1.165, 1.54) is 4.90 Å². The Balaban J connectivity index is 1.42. The first-order chi connectivity index (χ1) is 16.6. The second-order valence-electron chi connectivity index (χ2n) is 8.76. The maximum absolute atomic E-state index is 13.4. The van der Waals surface area contributed by atoms with E-state index >= 15 is 0 Å². The zero-order valence-corrected chi connectivity index (χ0v) is 19.3. The summed E-state index contributed by atoms with van der Waals surface area (Å²) in [5, 5.41) is 3.26. The molecule has 0 unspecified atom stereocenters. The Bertz CT molecular complexity index is 1200. The van der Waals surface area contributed by atoms with Crippen LogP contribution in [0.15, 0.2) is 90.6 Å². The van der Waals surface area contributed by atoms with E-state index in [9.17, 15) is 9.59 Å². The Hall–Kier alpha value is -3.90. The lowest BCUT2D eigenvalue weighted by molar-refractivity contribution is -0.137. The van der Waals surface area contributed by atoms with Crippen molar-refractivity contribution < 1.29 is 9.59 Å². The van der Waals surface area contributed by atoms with Crippen molar-refractivity contribution in [3.63, 3.8) is 0 Å². The third-order valence-corrected chi connectivity index (χ3v) is 6.42. The van der Waals surface area contributed by atoms with Crippen LogP contribution in [0.4, 0.5) is 11.4 Å². The number of carbonyl (C=O) groups is 2. The number of benzene rings is 3. The quantitative estimate of drug-likeness (QED) is 0.576. The van der Waals surface area contributed by atoms with Gasteiger partial charge >= 0.3 is 0 Å². The van der Waals surface area contributed by atoms with Crippen molar-refractivity contribution in [1.82, 2.24) is 9.80 Å². The van der Waals surface area contributed by atoms with Crippen LogP contribution in [-0.4, -0.2) is 54.8 Å². The van der Waals surface area contributed by atoms with E-state index in [1.807, 2.05) is 72.8 Å². The number of carbonyl (C=O) groups excluding carboxylic acids is 2. The molecule has 6 nitrogen and oxygen atoms in total. The van der Waals surface area contributed by atoms with Crippen LogP contribution < -0.4 is 10.2 Å². The van der Waals surface area contributed by atoms with Crippen LogP contribution in [-0.2, 0) is 16.1 Å². The molecule has 0 saturated carbocycles. The average molecular weight is 453 g/mol. The summed E-state index contributed by atoms with van der Waals surface area (Å²) < 4.78 is 0. The summed E-state index contributed by atoms with van der Waals surface area (Å²) in [6, 6.07) is 27.1. The van der Waals surface area contributed by atoms with Gasteiger partial charge in [-0.15, -0.1) is 0 Å². The highest BCUT2D eigenvalue weighted by molar-refractivity contribution is 6.36. The van der Waals surface area contributed by atoms with Gasteiger partial charge in [-0.25, -0.2) is 0 Å². The number of anilines is 2. The van der Waals surface area contributed by atoms with Crippen LogP contribution in [0, 0.1) is 0 Å². The maximum atomic E-state index is 13.4. The summed E-state index contributed by atoms with van der Waals surface area (Å²) >= 11 is 0. The molecule has 0 atom stereocenters. The molecule has 1 N–H and O–H groups in total. The fourth-order valence-electron chi connectivity index (χ4n) is 4.44. The zero-order valence-electron chi connectivity index (χ0n) is 19.3. The van der Waals surface area contributed by atoms with Gasteiger partial charge in [-0.3, -0.25) is 14.5 Å². The Morgan fingerprint density at radius 2 is 1.35 bits per heavy atom. The molecular formula is C28H28N4O2. The lowest BCUT2D eigenvalue weighted by Crippen LogP contribution is -2.44. The topological polar surface area (TPSA) is 55.9 Å². The summed E-state index contributed by atoms with van der Waals surface area (Å²) in [6.07, 6.45) is 0. The third-order valence-electron chi connectivity index (χ3n) is 6.42. The molecule has 5 rings (SSSR count). The highest BCUT2D eigenvalue weighted by Gasteiger charge is 2.39. The van der Waals surface area contributed by atoms with Gasteiger partial charge in [-0.1, -0.05) is 60.7 Å². The number of likely N-dealkylation sites (N-methyl/N-ethyl adjacent to an activating group) is 1. The predicted octanol–water partition coefficient (Wildman–Crippen LogP) is 3.83. The number of nitrogens with zero attached hydrogens (tertiary/aromatic N) is 3. The van der Waals surface area contributed by atoms with Gasteiger partial charge in [0.25, 0.3) is 11.8 Å². The first-order valence-electron chi connectivity index (χ1n) is 11.6. The highest BCUT2D eigenvalue weighted by atomic mass is 16.2. The van der Waals surface area contributed by atoms with Crippen molar-refractivity contribution in [2.75, 3.05) is 43.4 Å². The molecule has 0 aliphatic carbocycles. The average Bonchev–Trinajstić information content (AvgIpc) is 3.10. The second kappa shape index (κ2) is 9.53. The molecule has 3 aromatic rings. The lowest BCUT2D eigenvalue weighted by Gasteiger charge is -2.34. The van der Waals surface area contributed by atoms with Crippen molar-refractivity contribution in [3.05, 3.63) is 102 Å². The molecule has 2 aliphatic rings. The lowest BCUT2D eigenvalue weighted by atomic mass is 10.0. The van der Waals surface area contributed by atoms with Crippen molar-refractivity contribution in [3.8, 4) is 0 Å². The summed E-state index contributed by atoms with van der Waals surface area (Å²) in [5.74, 6) is -0.590. The molecular weight excluding hydrogens is 424 g/mol. The van der Waals surface area contributed by atoms with Crippen LogP contribution in [0.3, 0.4) is 0 Å². The van der Waals surface area contributed by atoms with Gasteiger partial charge in [-0.2, -0.15) is 0 Å².